The highest BCUT2D eigenvalue weighted by molar-refractivity contribution is 9.10. The molecule has 6 heteroatoms. The van der Waals surface area contributed by atoms with Gasteiger partial charge in [-0.1, -0.05) is 82.7 Å². The third kappa shape index (κ3) is 4.90. The second kappa shape index (κ2) is 10.2. The number of amides is 1. The fraction of sp³-hybridized carbons (Fsp3) is 0.0323. The molecule has 0 radical (unpaired) electrons. The monoisotopic (exact) mass is 563 g/mol. The number of aromatic nitrogens is 1. The minimum absolute atomic E-state index is 0.0735. The number of halogens is 1. The molecule has 1 aromatic heterocycles. The Bertz CT molecular complexity index is 1640. The van der Waals surface area contributed by atoms with Gasteiger partial charge in [-0.15, -0.1) is 0 Å². The van der Waals surface area contributed by atoms with E-state index in [1.807, 2.05) is 72.8 Å². The van der Waals surface area contributed by atoms with Crippen LogP contribution in [0.2, 0.25) is 0 Å². The molecule has 1 saturated heterocycles. The van der Waals surface area contributed by atoms with Crippen LogP contribution in [0.1, 0.15) is 11.1 Å². The maximum Gasteiger partial charge on any atom is 0.271 e. The van der Waals surface area contributed by atoms with Crippen molar-refractivity contribution in [3.63, 3.8) is 0 Å². The smallest absolute Gasteiger partial charge is 0.271 e. The van der Waals surface area contributed by atoms with E-state index in [0.29, 0.717) is 10.1 Å². The van der Waals surface area contributed by atoms with E-state index in [-0.39, 0.29) is 5.91 Å². The van der Waals surface area contributed by atoms with Crippen molar-refractivity contribution in [2.24, 2.45) is 4.99 Å². The van der Waals surface area contributed by atoms with Crippen LogP contribution in [0.15, 0.2) is 130 Å². The molecule has 0 unspecified atom stereocenters. The number of nitrogens with zero attached hydrogens (tertiary/aromatic N) is 3. The van der Waals surface area contributed by atoms with Gasteiger partial charge in [0.15, 0.2) is 5.17 Å². The van der Waals surface area contributed by atoms with Crippen LogP contribution in [0.5, 0.6) is 0 Å². The summed E-state index contributed by atoms with van der Waals surface area (Å²) in [5.41, 5.74) is 4.96. The second-order valence-electron chi connectivity index (χ2n) is 8.67. The van der Waals surface area contributed by atoms with Gasteiger partial charge in [0, 0.05) is 33.7 Å². The molecule has 0 aliphatic carbocycles. The quantitative estimate of drug-likeness (QED) is 0.202. The summed E-state index contributed by atoms with van der Waals surface area (Å²) < 4.78 is 3.30. The fourth-order valence-corrected chi connectivity index (χ4v) is 5.67. The molecule has 1 aliphatic rings. The summed E-state index contributed by atoms with van der Waals surface area (Å²) in [6.45, 7) is 0.745. The Labute approximate surface area is 228 Å². The van der Waals surface area contributed by atoms with Gasteiger partial charge in [-0.2, -0.15) is 0 Å². The number of amidine groups is 1. The van der Waals surface area contributed by atoms with E-state index < -0.39 is 0 Å². The summed E-state index contributed by atoms with van der Waals surface area (Å²) in [5, 5.41) is 1.76. The van der Waals surface area contributed by atoms with Gasteiger partial charge in [-0.05, 0) is 65.9 Å². The van der Waals surface area contributed by atoms with Gasteiger partial charge in [0.1, 0.15) is 0 Å². The number of hydrogen-bond acceptors (Lipinski definition) is 3. The third-order valence-electron chi connectivity index (χ3n) is 6.17. The SMILES string of the molecule is O=C1/C(=C/c2cn(Cc3ccc(Br)cc3)c3ccccc23)SC(=Nc2ccccc2)N1c1ccccc1. The van der Waals surface area contributed by atoms with Gasteiger partial charge < -0.3 is 4.57 Å². The second-order valence-corrected chi connectivity index (χ2v) is 10.6. The number of carbonyl (C=O) groups excluding carboxylic acids is 1. The largest absolute Gasteiger partial charge is 0.342 e. The maximum atomic E-state index is 13.7. The lowest BCUT2D eigenvalue weighted by atomic mass is 10.1. The van der Waals surface area contributed by atoms with Gasteiger partial charge in [0.05, 0.1) is 16.3 Å². The fourth-order valence-electron chi connectivity index (χ4n) is 4.42. The van der Waals surface area contributed by atoms with Crippen LogP contribution in [0.4, 0.5) is 11.4 Å². The van der Waals surface area contributed by atoms with Gasteiger partial charge in [-0.3, -0.25) is 9.69 Å². The van der Waals surface area contributed by atoms with Gasteiger partial charge >= 0.3 is 0 Å². The highest BCUT2D eigenvalue weighted by Crippen LogP contribution is 2.38. The molecular formula is C31H22BrN3OS. The predicted octanol–water partition coefficient (Wildman–Crippen LogP) is 8.26. The zero-order valence-electron chi connectivity index (χ0n) is 19.8. The molecule has 1 aliphatic heterocycles. The van der Waals surface area contributed by atoms with Crippen LogP contribution in [0, 0.1) is 0 Å². The maximum absolute atomic E-state index is 13.7. The van der Waals surface area contributed by atoms with E-state index in [1.165, 1.54) is 17.3 Å². The first-order chi connectivity index (χ1) is 18.2. The van der Waals surface area contributed by atoms with Crippen molar-refractivity contribution in [3.05, 3.63) is 136 Å². The van der Waals surface area contributed by atoms with E-state index in [1.54, 1.807) is 4.90 Å². The van der Waals surface area contributed by atoms with Crippen LogP contribution in [0.25, 0.3) is 17.0 Å². The van der Waals surface area contributed by atoms with Gasteiger partial charge in [0.2, 0.25) is 0 Å². The first kappa shape index (κ1) is 23.5. The molecule has 4 nitrogen and oxygen atoms in total. The molecule has 0 N–H and O–H groups in total. The number of anilines is 1. The molecule has 0 bridgehead atoms. The zero-order valence-corrected chi connectivity index (χ0v) is 22.2. The summed E-state index contributed by atoms with van der Waals surface area (Å²) in [7, 11) is 0. The van der Waals surface area contributed by atoms with E-state index in [4.69, 9.17) is 4.99 Å². The Morgan fingerprint density at radius 1 is 0.811 bits per heavy atom. The Morgan fingerprint density at radius 2 is 1.49 bits per heavy atom. The minimum Gasteiger partial charge on any atom is -0.342 e. The molecular weight excluding hydrogens is 542 g/mol. The summed E-state index contributed by atoms with van der Waals surface area (Å²) in [4.78, 5) is 20.9. The lowest BCUT2D eigenvalue weighted by Gasteiger charge is -2.15. The molecule has 37 heavy (non-hydrogen) atoms. The van der Waals surface area contributed by atoms with E-state index >= 15 is 0 Å². The minimum atomic E-state index is -0.0735. The zero-order chi connectivity index (χ0) is 25.2. The normalized spacial score (nSPS) is 15.8. The van der Waals surface area contributed by atoms with E-state index in [2.05, 4.69) is 69.2 Å². The van der Waals surface area contributed by atoms with Crippen molar-refractivity contribution >= 4 is 67.1 Å². The average Bonchev–Trinajstić information content (AvgIpc) is 3.43. The summed E-state index contributed by atoms with van der Waals surface area (Å²) >= 11 is 4.92. The topological polar surface area (TPSA) is 37.6 Å². The van der Waals surface area contributed by atoms with Crippen molar-refractivity contribution in [1.82, 2.24) is 4.57 Å². The van der Waals surface area contributed by atoms with Crippen molar-refractivity contribution in [1.29, 1.82) is 0 Å². The number of aliphatic imine (C=N–C) groups is 1. The van der Waals surface area contributed by atoms with Gasteiger partial charge in [-0.25, -0.2) is 4.99 Å². The number of rotatable bonds is 5. The molecule has 6 rings (SSSR count). The van der Waals surface area contributed by atoms with E-state index in [0.717, 1.165) is 38.9 Å². The Kier molecular flexibility index (Phi) is 6.51. The highest BCUT2D eigenvalue weighted by atomic mass is 79.9. The van der Waals surface area contributed by atoms with Gasteiger partial charge in [0.25, 0.3) is 5.91 Å². The molecule has 5 aromatic rings. The number of thioether (sulfide) groups is 1. The number of para-hydroxylation sites is 3. The standard InChI is InChI=1S/C31H22BrN3OS/c32-24-17-15-22(16-18-24)20-34-21-23(27-13-7-8-14-28(27)34)19-29-30(36)35(26-11-5-2-6-12-26)31(37-29)33-25-9-3-1-4-10-25/h1-19,21H,20H2/b29-19-,33-31?. The number of fused-ring (bicyclic) bond motifs is 1. The molecule has 0 atom stereocenters. The first-order valence-electron chi connectivity index (χ1n) is 11.9. The van der Waals surface area contributed by atoms with E-state index in [9.17, 15) is 4.79 Å². The molecule has 4 aromatic carbocycles. The van der Waals surface area contributed by atoms with Crippen molar-refractivity contribution < 1.29 is 4.79 Å². The highest BCUT2D eigenvalue weighted by Gasteiger charge is 2.35. The molecule has 180 valence electrons. The summed E-state index contributed by atoms with van der Waals surface area (Å²) in [6.07, 6.45) is 4.13. The predicted molar refractivity (Wildman–Crippen MR) is 158 cm³/mol. The summed E-state index contributed by atoms with van der Waals surface area (Å²) in [6, 6.07) is 36.1. The van der Waals surface area contributed by atoms with Crippen LogP contribution >= 0.6 is 27.7 Å². The van der Waals surface area contributed by atoms with Crippen LogP contribution in [-0.2, 0) is 11.3 Å². The lowest BCUT2D eigenvalue weighted by Crippen LogP contribution is -2.28. The molecule has 0 saturated carbocycles. The third-order valence-corrected chi connectivity index (χ3v) is 7.67. The molecule has 1 amide bonds. The lowest BCUT2D eigenvalue weighted by molar-refractivity contribution is -0.113. The molecule has 0 spiro atoms. The first-order valence-corrected chi connectivity index (χ1v) is 13.5. The molecule has 2 heterocycles. The summed E-state index contributed by atoms with van der Waals surface area (Å²) in [5.74, 6) is -0.0735. The van der Waals surface area contributed by atoms with Crippen molar-refractivity contribution in [2.75, 3.05) is 4.90 Å². The Morgan fingerprint density at radius 3 is 2.24 bits per heavy atom. The number of carbonyl (C=O) groups is 1. The number of hydrogen-bond donors (Lipinski definition) is 0. The average molecular weight is 565 g/mol. The number of benzene rings is 4. The van der Waals surface area contributed by atoms with Crippen LogP contribution in [0.3, 0.4) is 0 Å². The van der Waals surface area contributed by atoms with Crippen LogP contribution < -0.4 is 4.90 Å². The Hall–Kier alpha value is -3.87. The van der Waals surface area contributed by atoms with Crippen LogP contribution in [-0.4, -0.2) is 15.6 Å². The van der Waals surface area contributed by atoms with Crippen molar-refractivity contribution in [3.8, 4) is 0 Å². The molecule has 1 fully saturated rings. The van der Waals surface area contributed by atoms with Crippen molar-refractivity contribution in [2.45, 2.75) is 6.54 Å². The Balaban J connectivity index is 1.41.